The number of nitro benzene ring substituents is 1. The van der Waals surface area contributed by atoms with Gasteiger partial charge in [-0.2, -0.15) is 0 Å². The van der Waals surface area contributed by atoms with E-state index < -0.39 is 10.7 Å². The van der Waals surface area contributed by atoms with Crippen molar-refractivity contribution in [3.8, 4) is 5.75 Å². The van der Waals surface area contributed by atoms with Gasteiger partial charge in [0.1, 0.15) is 12.4 Å². The number of nitrogens with zero attached hydrogens (tertiary/aromatic N) is 1. The SMILES string of the molecule is NCC(=O)c1ccc(OCc2ccc(F)cc2)c([N+](=O)[O-])c1. The van der Waals surface area contributed by atoms with Crippen LogP contribution >= 0.6 is 0 Å². The second kappa shape index (κ2) is 6.77. The van der Waals surface area contributed by atoms with E-state index in [0.717, 1.165) is 6.07 Å². The van der Waals surface area contributed by atoms with Crippen LogP contribution in [-0.4, -0.2) is 17.3 Å². The lowest BCUT2D eigenvalue weighted by Crippen LogP contribution is -2.13. The van der Waals surface area contributed by atoms with E-state index in [1.807, 2.05) is 0 Å². The highest BCUT2D eigenvalue weighted by atomic mass is 19.1. The van der Waals surface area contributed by atoms with Crippen molar-refractivity contribution in [1.29, 1.82) is 0 Å². The van der Waals surface area contributed by atoms with Crippen LogP contribution in [0.2, 0.25) is 0 Å². The summed E-state index contributed by atoms with van der Waals surface area (Å²) in [5, 5.41) is 11.1. The Morgan fingerprint density at radius 3 is 2.50 bits per heavy atom. The molecular weight excluding hydrogens is 291 g/mol. The fourth-order valence-electron chi connectivity index (χ4n) is 1.82. The third kappa shape index (κ3) is 3.64. The molecule has 0 saturated carbocycles. The quantitative estimate of drug-likeness (QED) is 0.502. The number of hydrogen-bond donors (Lipinski definition) is 1. The Labute approximate surface area is 125 Å². The van der Waals surface area contributed by atoms with Crippen LogP contribution in [0.15, 0.2) is 42.5 Å². The molecule has 0 heterocycles. The van der Waals surface area contributed by atoms with Crippen molar-refractivity contribution >= 4 is 11.5 Å². The summed E-state index contributed by atoms with van der Waals surface area (Å²) < 4.78 is 18.2. The molecular formula is C15H13FN2O4. The van der Waals surface area contributed by atoms with Crippen LogP contribution in [0.1, 0.15) is 15.9 Å². The predicted molar refractivity (Wildman–Crippen MR) is 77.2 cm³/mol. The maximum Gasteiger partial charge on any atom is 0.311 e. The van der Waals surface area contributed by atoms with Gasteiger partial charge in [0, 0.05) is 11.6 Å². The van der Waals surface area contributed by atoms with Crippen LogP contribution in [0.4, 0.5) is 10.1 Å². The molecule has 2 rings (SSSR count). The standard InChI is InChI=1S/C15H13FN2O4/c16-12-4-1-10(2-5-12)9-22-15-6-3-11(14(19)8-17)7-13(15)18(20)21/h1-7H,8-9,17H2. The van der Waals surface area contributed by atoms with Crippen molar-refractivity contribution in [2.45, 2.75) is 6.61 Å². The molecule has 0 spiro atoms. The van der Waals surface area contributed by atoms with Crippen LogP contribution in [0, 0.1) is 15.9 Å². The molecule has 0 aliphatic carbocycles. The molecule has 6 nitrogen and oxygen atoms in total. The molecule has 22 heavy (non-hydrogen) atoms. The van der Waals surface area contributed by atoms with Crippen LogP contribution in [0.5, 0.6) is 5.75 Å². The second-order valence-corrected chi connectivity index (χ2v) is 4.48. The van der Waals surface area contributed by atoms with E-state index in [1.165, 1.54) is 36.4 Å². The fraction of sp³-hybridized carbons (Fsp3) is 0.133. The minimum absolute atomic E-state index is 0.0305. The lowest BCUT2D eigenvalue weighted by molar-refractivity contribution is -0.386. The van der Waals surface area contributed by atoms with Crippen molar-refractivity contribution in [3.63, 3.8) is 0 Å². The van der Waals surface area contributed by atoms with Gasteiger partial charge in [-0.3, -0.25) is 14.9 Å². The second-order valence-electron chi connectivity index (χ2n) is 4.48. The normalized spacial score (nSPS) is 10.3. The Hall–Kier alpha value is -2.80. The van der Waals surface area contributed by atoms with E-state index in [0.29, 0.717) is 5.56 Å². The van der Waals surface area contributed by atoms with Gasteiger partial charge < -0.3 is 10.5 Å². The summed E-state index contributed by atoms with van der Waals surface area (Å²) in [5.41, 5.74) is 5.74. The highest BCUT2D eigenvalue weighted by Crippen LogP contribution is 2.28. The number of ether oxygens (including phenoxy) is 1. The van der Waals surface area contributed by atoms with E-state index in [-0.39, 0.29) is 36.0 Å². The highest BCUT2D eigenvalue weighted by molar-refractivity contribution is 5.98. The maximum atomic E-state index is 12.8. The smallest absolute Gasteiger partial charge is 0.311 e. The first-order valence-electron chi connectivity index (χ1n) is 6.40. The molecule has 0 aliphatic heterocycles. The topological polar surface area (TPSA) is 95.5 Å². The summed E-state index contributed by atoms with van der Waals surface area (Å²) in [6.45, 7) is -0.182. The number of carbonyl (C=O) groups excluding carboxylic acids is 1. The van der Waals surface area contributed by atoms with E-state index in [4.69, 9.17) is 10.5 Å². The molecule has 114 valence electrons. The minimum Gasteiger partial charge on any atom is -0.482 e. The van der Waals surface area contributed by atoms with Crippen molar-refractivity contribution < 1.29 is 18.8 Å². The van der Waals surface area contributed by atoms with E-state index >= 15 is 0 Å². The number of nitrogens with two attached hydrogens (primary N) is 1. The molecule has 2 aromatic rings. The summed E-state index contributed by atoms with van der Waals surface area (Å²) >= 11 is 0. The van der Waals surface area contributed by atoms with E-state index in [9.17, 15) is 19.3 Å². The minimum atomic E-state index is -0.632. The van der Waals surface area contributed by atoms with E-state index in [1.54, 1.807) is 0 Å². The number of halogens is 1. The molecule has 0 amide bonds. The Kier molecular flexibility index (Phi) is 4.80. The Balaban J connectivity index is 2.21. The van der Waals surface area contributed by atoms with Crippen LogP contribution in [0.25, 0.3) is 0 Å². The molecule has 0 atom stereocenters. The summed E-state index contributed by atoms with van der Waals surface area (Å²) in [6.07, 6.45) is 0. The number of nitro groups is 1. The van der Waals surface area contributed by atoms with Crippen LogP contribution < -0.4 is 10.5 Å². The van der Waals surface area contributed by atoms with Gasteiger partial charge in [0.05, 0.1) is 11.5 Å². The zero-order valence-corrected chi connectivity index (χ0v) is 11.5. The first-order chi connectivity index (χ1) is 10.5. The molecule has 0 bridgehead atoms. The Bertz CT molecular complexity index is 701. The monoisotopic (exact) mass is 304 g/mol. The number of carbonyl (C=O) groups is 1. The average molecular weight is 304 g/mol. The van der Waals surface area contributed by atoms with Crippen LogP contribution in [0.3, 0.4) is 0 Å². The average Bonchev–Trinajstić information content (AvgIpc) is 2.53. The lowest BCUT2D eigenvalue weighted by Gasteiger charge is -2.08. The molecule has 2 N–H and O–H groups in total. The van der Waals surface area contributed by atoms with Crippen LogP contribution in [-0.2, 0) is 6.61 Å². The van der Waals surface area contributed by atoms with Crippen molar-refractivity contribution in [3.05, 3.63) is 69.5 Å². The zero-order valence-electron chi connectivity index (χ0n) is 11.5. The lowest BCUT2D eigenvalue weighted by atomic mass is 10.1. The van der Waals surface area contributed by atoms with Gasteiger partial charge in [0.2, 0.25) is 0 Å². The molecule has 2 aromatic carbocycles. The van der Waals surface area contributed by atoms with Gasteiger partial charge >= 0.3 is 5.69 Å². The Morgan fingerprint density at radius 2 is 1.91 bits per heavy atom. The van der Waals surface area contributed by atoms with Gasteiger partial charge in [-0.15, -0.1) is 0 Å². The highest BCUT2D eigenvalue weighted by Gasteiger charge is 2.18. The molecule has 0 fully saturated rings. The largest absolute Gasteiger partial charge is 0.482 e. The fourth-order valence-corrected chi connectivity index (χ4v) is 1.82. The van der Waals surface area contributed by atoms with Crippen molar-refractivity contribution in [2.75, 3.05) is 6.54 Å². The molecule has 0 aliphatic rings. The number of benzene rings is 2. The molecule has 0 aromatic heterocycles. The summed E-state index contributed by atoms with van der Waals surface area (Å²) in [5.74, 6) is -0.740. The van der Waals surface area contributed by atoms with Crippen molar-refractivity contribution in [2.24, 2.45) is 5.73 Å². The number of Topliss-reactive ketones (excluding diaryl/α,β-unsaturated/α-hetero) is 1. The van der Waals surface area contributed by atoms with Crippen molar-refractivity contribution in [1.82, 2.24) is 0 Å². The summed E-state index contributed by atoms with van der Waals surface area (Å²) in [7, 11) is 0. The molecule has 0 radical (unpaired) electrons. The summed E-state index contributed by atoms with van der Waals surface area (Å²) in [6, 6.07) is 9.50. The Morgan fingerprint density at radius 1 is 1.23 bits per heavy atom. The van der Waals surface area contributed by atoms with E-state index in [2.05, 4.69) is 0 Å². The van der Waals surface area contributed by atoms with Gasteiger partial charge in [0.25, 0.3) is 0 Å². The first kappa shape index (κ1) is 15.6. The number of rotatable bonds is 6. The third-order valence-electron chi connectivity index (χ3n) is 2.97. The van der Waals surface area contributed by atoms with Gasteiger partial charge in [0.15, 0.2) is 11.5 Å². The first-order valence-corrected chi connectivity index (χ1v) is 6.40. The summed E-state index contributed by atoms with van der Waals surface area (Å²) in [4.78, 5) is 21.9. The zero-order chi connectivity index (χ0) is 16.1. The van der Waals surface area contributed by atoms with Gasteiger partial charge in [-0.25, -0.2) is 4.39 Å². The number of ketones is 1. The number of hydrogen-bond acceptors (Lipinski definition) is 5. The van der Waals surface area contributed by atoms with Gasteiger partial charge in [-0.05, 0) is 29.8 Å². The molecule has 0 unspecified atom stereocenters. The molecule has 0 saturated heterocycles. The van der Waals surface area contributed by atoms with Gasteiger partial charge in [-0.1, -0.05) is 12.1 Å². The molecule has 7 heteroatoms. The maximum absolute atomic E-state index is 12.8. The predicted octanol–water partition coefficient (Wildman–Crippen LogP) is 2.45. The third-order valence-corrected chi connectivity index (χ3v) is 2.97.